The van der Waals surface area contributed by atoms with Crippen molar-refractivity contribution in [3.63, 3.8) is 0 Å². The van der Waals surface area contributed by atoms with Gasteiger partial charge in [0.1, 0.15) is 6.61 Å². The number of nitrogens with one attached hydrogen (secondary N) is 2. The highest BCUT2D eigenvalue weighted by atomic mass is 79.9. The number of halogens is 1. The maximum atomic E-state index is 13.1. The highest BCUT2D eigenvalue weighted by Crippen LogP contribution is 2.44. The number of carboxylic acid groups (broad SMARTS) is 1. The van der Waals surface area contributed by atoms with E-state index in [1.165, 1.54) is 12.1 Å². The molecule has 0 unspecified atom stereocenters. The van der Waals surface area contributed by atoms with Gasteiger partial charge >= 0.3 is 12.1 Å². The van der Waals surface area contributed by atoms with E-state index in [0.29, 0.717) is 10.2 Å². The minimum Gasteiger partial charge on any atom is -0.480 e. The highest BCUT2D eigenvalue weighted by molar-refractivity contribution is 9.10. The number of ether oxygens (including phenoxy) is 2. The summed E-state index contributed by atoms with van der Waals surface area (Å²) in [6.07, 6.45) is -1.48. The molecule has 0 bridgehead atoms. The van der Waals surface area contributed by atoms with Crippen molar-refractivity contribution in [3.05, 3.63) is 124 Å². The molecule has 4 aromatic carbocycles. The topological polar surface area (TPSA) is 114 Å². The van der Waals surface area contributed by atoms with E-state index in [1.54, 1.807) is 13.0 Å². The summed E-state index contributed by atoms with van der Waals surface area (Å²) in [5, 5.41) is 15.0. The van der Waals surface area contributed by atoms with E-state index < -0.39 is 30.1 Å². The zero-order chi connectivity index (χ0) is 29.6. The van der Waals surface area contributed by atoms with Crippen LogP contribution in [0.25, 0.3) is 11.1 Å². The molecule has 0 heterocycles. The molecule has 4 aromatic rings. The van der Waals surface area contributed by atoms with Crippen molar-refractivity contribution in [2.45, 2.75) is 31.6 Å². The summed E-state index contributed by atoms with van der Waals surface area (Å²) in [6.45, 7) is 1.93. The number of fused-ring (bicyclic) bond motifs is 3. The number of benzene rings is 4. The molecule has 9 heteroatoms. The van der Waals surface area contributed by atoms with Crippen LogP contribution in [0.5, 0.6) is 0 Å². The number of carboxylic acids is 1. The van der Waals surface area contributed by atoms with Gasteiger partial charge in [-0.3, -0.25) is 10.1 Å². The molecule has 42 heavy (non-hydrogen) atoms. The van der Waals surface area contributed by atoms with Crippen LogP contribution in [-0.4, -0.2) is 41.8 Å². The molecule has 0 aromatic heterocycles. The second kappa shape index (κ2) is 13.0. The minimum absolute atomic E-state index is 0.0916. The van der Waals surface area contributed by atoms with Gasteiger partial charge in [-0.05, 0) is 52.9 Å². The number of amides is 2. The molecule has 0 spiro atoms. The summed E-state index contributed by atoms with van der Waals surface area (Å²) < 4.78 is 11.9. The van der Waals surface area contributed by atoms with E-state index in [0.717, 1.165) is 27.8 Å². The van der Waals surface area contributed by atoms with Gasteiger partial charge < -0.3 is 19.9 Å². The van der Waals surface area contributed by atoms with Crippen molar-refractivity contribution >= 4 is 39.6 Å². The zero-order valence-electron chi connectivity index (χ0n) is 22.8. The van der Waals surface area contributed by atoms with Crippen LogP contribution in [0.2, 0.25) is 0 Å². The second-order valence-corrected chi connectivity index (χ2v) is 10.9. The second-order valence-electron chi connectivity index (χ2n) is 9.97. The van der Waals surface area contributed by atoms with Crippen LogP contribution in [0.3, 0.4) is 0 Å². The van der Waals surface area contributed by atoms with Crippen molar-refractivity contribution < 1.29 is 29.0 Å². The maximum Gasteiger partial charge on any atom is 0.411 e. The standard InChI is InChI=1S/C33H29BrN2O6/c1-20(41-18-21-9-3-2-4-10-21)30(32(38)39)36-31(37)22-15-23(34)17-24(16-22)35-33(40)42-19-29-27-13-7-5-11-25(27)26-12-6-8-14-28(26)29/h2-17,20,29-30H,18-19H2,1H3,(H,35,40)(H,36,37)(H,38,39)/t20-,30+/m0/s1. The Hall–Kier alpha value is -4.47. The molecule has 0 saturated carbocycles. The number of aliphatic carboxylic acids is 1. The summed E-state index contributed by atoms with van der Waals surface area (Å²) in [6, 6.07) is 28.8. The monoisotopic (exact) mass is 628 g/mol. The molecule has 1 aliphatic rings. The third-order valence-corrected chi connectivity index (χ3v) is 7.59. The average molecular weight is 630 g/mol. The lowest BCUT2D eigenvalue weighted by Gasteiger charge is -2.22. The van der Waals surface area contributed by atoms with Crippen LogP contribution >= 0.6 is 15.9 Å². The number of anilines is 1. The molecule has 3 N–H and O–H groups in total. The maximum absolute atomic E-state index is 13.1. The Morgan fingerprint density at radius 2 is 1.50 bits per heavy atom. The Balaban J connectivity index is 1.21. The van der Waals surface area contributed by atoms with Crippen LogP contribution < -0.4 is 10.6 Å². The highest BCUT2D eigenvalue weighted by Gasteiger charge is 2.30. The summed E-state index contributed by atoms with van der Waals surface area (Å²) in [4.78, 5) is 37.8. The molecular formula is C33H29BrN2O6. The van der Waals surface area contributed by atoms with Crippen LogP contribution in [0.1, 0.15) is 39.9 Å². The predicted octanol–water partition coefficient (Wildman–Crippen LogP) is 6.60. The Kier molecular flexibility index (Phi) is 9.00. The van der Waals surface area contributed by atoms with Gasteiger partial charge in [0.05, 0.1) is 12.7 Å². The van der Waals surface area contributed by atoms with E-state index in [9.17, 15) is 19.5 Å². The van der Waals surface area contributed by atoms with Gasteiger partial charge in [-0.2, -0.15) is 0 Å². The summed E-state index contributed by atoms with van der Waals surface area (Å²) in [5.74, 6) is -1.95. The zero-order valence-corrected chi connectivity index (χ0v) is 24.3. The van der Waals surface area contributed by atoms with Crippen molar-refractivity contribution in [1.82, 2.24) is 5.32 Å². The van der Waals surface area contributed by atoms with Gasteiger partial charge in [0.15, 0.2) is 6.04 Å². The third kappa shape index (κ3) is 6.70. The molecule has 8 nitrogen and oxygen atoms in total. The lowest BCUT2D eigenvalue weighted by molar-refractivity contribution is -0.143. The number of carbonyl (C=O) groups is 3. The van der Waals surface area contributed by atoms with Gasteiger partial charge in [0.2, 0.25) is 0 Å². The molecule has 0 fully saturated rings. The molecule has 214 valence electrons. The first-order valence-electron chi connectivity index (χ1n) is 13.4. The fourth-order valence-electron chi connectivity index (χ4n) is 5.05. The van der Waals surface area contributed by atoms with Crippen LogP contribution in [0.4, 0.5) is 10.5 Å². The molecule has 0 radical (unpaired) electrons. The summed E-state index contributed by atoms with van der Waals surface area (Å²) in [7, 11) is 0. The Bertz CT molecular complexity index is 1560. The van der Waals surface area contributed by atoms with Crippen molar-refractivity contribution in [2.24, 2.45) is 0 Å². The van der Waals surface area contributed by atoms with Gasteiger partial charge in [-0.1, -0.05) is 94.8 Å². The number of hydrogen-bond donors (Lipinski definition) is 3. The van der Waals surface area contributed by atoms with Crippen LogP contribution in [0, 0.1) is 0 Å². The average Bonchev–Trinajstić information content (AvgIpc) is 3.31. The summed E-state index contributed by atoms with van der Waals surface area (Å²) >= 11 is 3.36. The van der Waals surface area contributed by atoms with Gasteiger partial charge in [-0.25, -0.2) is 9.59 Å². The third-order valence-electron chi connectivity index (χ3n) is 7.13. The van der Waals surface area contributed by atoms with E-state index in [2.05, 4.69) is 38.7 Å². The number of rotatable bonds is 10. The van der Waals surface area contributed by atoms with Crippen LogP contribution in [-0.2, 0) is 20.9 Å². The SMILES string of the molecule is C[C@H](OCc1ccccc1)[C@@H](NC(=O)c1cc(Br)cc(NC(=O)OCC2c3ccccc3-c3ccccc32)c1)C(=O)O. The first kappa shape index (κ1) is 29.0. The molecular weight excluding hydrogens is 600 g/mol. The molecule has 5 rings (SSSR count). The van der Waals surface area contributed by atoms with Crippen molar-refractivity contribution in [1.29, 1.82) is 0 Å². The molecule has 2 amide bonds. The predicted molar refractivity (Wildman–Crippen MR) is 162 cm³/mol. The fraction of sp³-hybridized carbons (Fsp3) is 0.182. The first-order chi connectivity index (χ1) is 20.3. The smallest absolute Gasteiger partial charge is 0.411 e. The van der Waals surface area contributed by atoms with E-state index in [1.807, 2.05) is 66.7 Å². The Morgan fingerprint density at radius 3 is 2.14 bits per heavy atom. The molecule has 1 aliphatic carbocycles. The Labute approximate surface area is 251 Å². The molecule has 0 aliphatic heterocycles. The first-order valence-corrected chi connectivity index (χ1v) is 14.2. The van der Waals surface area contributed by atoms with Crippen molar-refractivity contribution in [2.75, 3.05) is 11.9 Å². The summed E-state index contributed by atoms with van der Waals surface area (Å²) in [5.41, 5.74) is 5.81. The normalized spacial score (nSPS) is 13.4. The van der Waals surface area contributed by atoms with E-state index in [4.69, 9.17) is 9.47 Å². The van der Waals surface area contributed by atoms with Gasteiger partial charge in [0.25, 0.3) is 5.91 Å². The van der Waals surface area contributed by atoms with Gasteiger partial charge in [-0.15, -0.1) is 0 Å². The van der Waals surface area contributed by atoms with E-state index in [-0.39, 0.29) is 24.7 Å². The minimum atomic E-state index is -1.29. The molecule has 2 atom stereocenters. The fourth-order valence-corrected chi connectivity index (χ4v) is 5.54. The Morgan fingerprint density at radius 1 is 0.881 bits per heavy atom. The van der Waals surface area contributed by atoms with E-state index >= 15 is 0 Å². The molecule has 0 saturated heterocycles. The lowest BCUT2D eigenvalue weighted by atomic mass is 9.98. The lowest BCUT2D eigenvalue weighted by Crippen LogP contribution is -2.48. The largest absolute Gasteiger partial charge is 0.480 e. The van der Waals surface area contributed by atoms with Crippen molar-refractivity contribution in [3.8, 4) is 11.1 Å². The number of hydrogen-bond acceptors (Lipinski definition) is 5. The van der Waals surface area contributed by atoms with Gasteiger partial charge in [0, 0.05) is 21.6 Å². The quantitative estimate of drug-likeness (QED) is 0.182. The number of carbonyl (C=O) groups excluding carboxylic acids is 2. The van der Waals surface area contributed by atoms with Crippen LogP contribution in [0.15, 0.2) is 102 Å².